The first-order chi connectivity index (χ1) is 11.6. The van der Waals surface area contributed by atoms with Gasteiger partial charge in [0.05, 0.1) is 0 Å². The molecule has 4 saturated carbocycles. The number of hydrogen-bond acceptors (Lipinski definition) is 2. The largest absolute Gasteiger partial charge is 0.337 e. The van der Waals surface area contributed by atoms with Crippen LogP contribution in [-0.4, -0.2) is 34.6 Å². The summed E-state index contributed by atoms with van der Waals surface area (Å²) in [6.45, 7) is 9.54. The normalized spacial score (nSPS) is 41.8. The minimum Gasteiger partial charge on any atom is -0.337 e. The van der Waals surface area contributed by atoms with E-state index in [0.717, 1.165) is 37.1 Å². The van der Waals surface area contributed by atoms with Gasteiger partial charge in [-0.2, -0.15) is 0 Å². The molecule has 0 aromatic rings. The summed E-state index contributed by atoms with van der Waals surface area (Å²) in [5.41, 5.74) is 6.28. The zero-order valence-electron chi connectivity index (χ0n) is 16.6. The summed E-state index contributed by atoms with van der Waals surface area (Å²) in [5, 5.41) is 3.38. The highest BCUT2D eigenvalue weighted by Crippen LogP contribution is 2.59. The molecule has 4 heteroatoms. The molecule has 0 atom stereocenters. The third-order valence-corrected chi connectivity index (χ3v) is 7.72. The van der Waals surface area contributed by atoms with Gasteiger partial charge in [-0.25, -0.2) is 4.79 Å². The predicted octanol–water partition coefficient (Wildman–Crippen LogP) is 3.89. The van der Waals surface area contributed by atoms with Crippen LogP contribution in [-0.2, 0) is 0 Å². The van der Waals surface area contributed by atoms with Crippen molar-refractivity contribution in [3.8, 4) is 0 Å². The summed E-state index contributed by atoms with van der Waals surface area (Å²) >= 11 is 0. The van der Waals surface area contributed by atoms with E-state index in [-0.39, 0.29) is 23.2 Å². The van der Waals surface area contributed by atoms with Crippen molar-refractivity contribution in [3.05, 3.63) is 0 Å². The Morgan fingerprint density at radius 3 is 1.80 bits per heavy atom. The molecule has 0 aromatic carbocycles. The molecule has 2 amide bonds. The average molecular weight is 348 g/mol. The maximum absolute atomic E-state index is 13.2. The molecule has 4 nitrogen and oxygen atoms in total. The van der Waals surface area contributed by atoms with Gasteiger partial charge in [0, 0.05) is 23.7 Å². The first-order valence-electron chi connectivity index (χ1n) is 10.4. The van der Waals surface area contributed by atoms with E-state index < -0.39 is 0 Å². The highest BCUT2D eigenvalue weighted by atomic mass is 16.2. The van der Waals surface area contributed by atoms with Crippen LogP contribution in [0.15, 0.2) is 0 Å². The van der Waals surface area contributed by atoms with Gasteiger partial charge in [0.25, 0.3) is 0 Å². The fourth-order valence-electron chi connectivity index (χ4n) is 7.76. The summed E-state index contributed by atoms with van der Waals surface area (Å²) < 4.78 is 0. The van der Waals surface area contributed by atoms with Crippen LogP contribution in [0.5, 0.6) is 0 Å². The summed E-state index contributed by atoms with van der Waals surface area (Å²) in [7, 11) is 0. The van der Waals surface area contributed by atoms with Crippen molar-refractivity contribution >= 4 is 6.03 Å². The first kappa shape index (κ1) is 17.6. The quantitative estimate of drug-likeness (QED) is 0.796. The Balaban J connectivity index is 1.45. The van der Waals surface area contributed by atoms with Crippen LogP contribution in [0.2, 0.25) is 0 Å². The van der Waals surface area contributed by atoms with Crippen LogP contribution in [0.4, 0.5) is 4.79 Å². The Bertz CT molecular complexity index is 500. The van der Waals surface area contributed by atoms with Gasteiger partial charge in [-0.1, -0.05) is 0 Å². The van der Waals surface area contributed by atoms with Crippen molar-refractivity contribution in [2.75, 3.05) is 6.54 Å². The van der Waals surface area contributed by atoms with Crippen LogP contribution in [0, 0.1) is 23.2 Å². The SMILES string of the molecule is CC1(C)CC(N)CC(C)(C)N1C(=O)NCC12CC3CC(CC(C3)C1)C2. The lowest BCUT2D eigenvalue weighted by atomic mass is 9.49. The Kier molecular flexibility index (Phi) is 3.96. The molecule has 5 fully saturated rings. The Morgan fingerprint density at radius 2 is 1.36 bits per heavy atom. The second-order valence-electron chi connectivity index (χ2n) is 11.2. The topological polar surface area (TPSA) is 58.4 Å². The molecule has 4 bridgehead atoms. The van der Waals surface area contributed by atoms with E-state index in [1.165, 1.54) is 38.5 Å². The number of nitrogens with zero attached hydrogens (tertiary/aromatic N) is 1. The minimum atomic E-state index is -0.188. The molecule has 1 aliphatic heterocycles. The van der Waals surface area contributed by atoms with E-state index in [2.05, 4.69) is 37.9 Å². The Labute approximate surface area is 153 Å². The number of piperidine rings is 1. The molecule has 4 aliphatic carbocycles. The molecule has 1 heterocycles. The predicted molar refractivity (Wildman–Crippen MR) is 101 cm³/mol. The van der Waals surface area contributed by atoms with Gasteiger partial charge in [-0.3, -0.25) is 0 Å². The van der Waals surface area contributed by atoms with E-state index in [0.29, 0.717) is 5.41 Å². The monoisotopic (exact) mass is 347 g/mol. The van der Waals surface area contributed by atoms with Crippen LogP contribution in [0.1, 0.15) is 79.1 Å². The smallest absolute Gasteiger partial charge is 0.318 e. The van der Waals surface area contributed by atoms with Crippen molar-refractivity contribution in [2.45, 2.75) is 96.2 Å². The lowest BCUT2D eigenvalue weighted by Gasteiger charge is -2.58. The maximum atomic E-state index is 13.2. The van der Waals surface area contributed by atoms with Gasteiger partial charge >= 0.3 is 6.03 Å². The van der Waals surface area contributed by atoms with E-state index >= 15 is 0 Å². The third-order valence-electron chi connectivity index (χ3n) is 7.72. The third kappa shape index (κ3) is 3.09. The molecule has 3 N–H and O–H groups in total. The standard InChI is InChI=1S/C21H37N3O/c1-19(2)11-17(22)12-20(3,4)24(19)18(25)23-13-21-8-14-5-15(9-21)7-16(6-14)10-21/h14-17H,5-13,22H2,1-4H3,(H,23,25). The molecule has 0 spiro atoms. The molecular formula is C21H37N3O. The summed E-state index contributed by atoms with van der Waals surface area (Å²) in [4.78, 5) is 15.3. The Hall–Kier alpha value is -0.770. The molecule has 5 aliphatic rings. The number of carbonyl (C=O) groups excluding carboxylic acids is 1. The fraction of sp³-hybridized carbons (Fsp3) is 0.952. The van der Waals surface area contributed by atoms with Crippen LogP contribution < -0.4 is 11.1 Å². The van der Waals surface area contributed by atoms with Gasteiger partial charge in [0.2, 0.25) is 0 Å². The summed E-state index contributed by atoms with van der Waals surface area (Å²) in [6.07, 6.45) is 10.2. The maximum Gasteiger partial charge on any atom is 0.318 e. The number of urea groups is 1. The average Bonchev–Trinajstić information content (AvgIpc) is 2.40. The highest BCUT2D eigenvalue weighted by molar-refractivity contribution is 5.76. The molecule has 142 valence electrons. The van der Waals surface area contributed by atoms with E-state index in [1.807, 2.05) is 0 Å². The van der Waals surface area contributed by atoms with Gasteiger partial charge in [-0.15, -0.1) is 0 Å². The number of hydrogen-bond donors (Lipinski definition) is 2. The van der Waals surface area contributed by atoms with Crippen LogP contribution in [0.25, 0.3) is 0 Å². The van der Waals surface area contributed by atoms with Crippen LogP contribution >= 0.6 is 0 Å². The van der Waals surface area contributed by atoms with Crippen LogP contribution in [0.3, 0.4) is 0 Å². The van der Waals surface area contributed by atoms with Crippen molar-refractivity contribution in [2.24, 2.45) is 28.9 Å². The van der Waals surface area contributed by atoms with Crippen molar-refractivity contribution < 1.29 is 4.79 Å². The summed E-state index contributed by atoms with van der Waals surface area (Å²) in [5.74, 6) is 2.80. The molecule has 1 saturated heterocycles. The lowest BCUT2D eigenvalue weighted by molar-refractivity contribution is -0.0526. The highest BCUT2D eigenvalue weighted by Gasteiger charge is 2.52. The second-order valence-corrected chi connectivity index (χ2v) is 11.2. The Morgan fingerprint density at radius 1 is 0.920 bits per heavy atom. The zero-order chi connectivity index (χ0) is 18.0. The van der Waals surface area contributed by atoms with Crippen molar-refractivity contribution in [3.63, 3.8) is 0 Å². The van der Waals surface area contributed by atoms with E-state index in [1.54, 1.807) is 0 Å². The van der Waals surface area contributed by atoms with Gasteiger partial charge in [0.15, 0.2) is 0 Å². The number of nitrogens with two attached hydrogens (primary N) is 1. The molecule has 0 unspecified atom stereocenters. The number of likely N-dealkylation sites (tertiary alicyclic amines) is 1. The molecule has 25 heavy (non-hydrogen) atoms. The number of nitrogens with one attached hydrogen (secondary N) is 1. The first-order valence-corrected chi connectivity index (χ1v) is 10.4. The molecule has 5 rings (SSSR count). The van der Waals surface area contributed by atoms with Gasteiger partial charge < -0.3 is 16.0 Å². The number of amides is 2. The molecule has 0 aromatic heterocycles. The fourth-order valence-corrected chi connectivity index (χ4v) is 7.76. The minimum absolute atomic E-state index is 0.123. The molecule has 0 radical (unpaired) electrons. The van der Waals surface area contributed by atoms with Crippen molar-refractivity contribution in [1.82, 2.24) is 10.2 Å². The molecular weight excluding hydrogens is 310 g/mol. The summed E-state index contributed by atoms with van der Waals surface area (Å²) in [6, 6.07) is 0.301. The van der Waals surface area contributed by atoms with Gasteiger partial charge in [0.1, 0.15) is 0 Å². The van der Waals surface area contributed by atoms with Gasteiger partial charge in [-0.05, 0) is 102 Å². The number of rotatable bonds is 2. The second kappa shape index (κ2) is 5.61. The van der Waals surface area contributed by atoms with Crippen molar-refractivity contribution in [1.29, 1.82) is 0 Å². The zero-order valence-corrected chi connectivity index (χ0v) is 16.6. The van der Waals surface area contributed by atoms with E-state index in [4.69, 9.17) is 5.73 Å². The van der Waals surface area contributed by atoms with E-state index in [9.17, 15) is 4.79 Å². The number of carbonyl (C=O) groups is 1. The lowest BCUT2D eigenvalue weighted by Crippen LogP contribution is -2.67.